The maximum absolute atomic E-state index is 11.0. The van der Waals surface area contributed by atoms with Crippen molar-refractivity contribution in [3.8, 4) is 10.6 Å². The number of rotatable bonds is 5. The molecule has 0 aromatic carbocycles. The van der Waals surface area contributed by atoms with Crippen molar-refractivity contribution in [2.24, 2.45) is 0 Å². The number of carboxylic acid groups (broad SMARTS) is 1. The van der Waals surface area contributed by atoms with E-state index in [9.17, 15) is 4.79 Å². The summed E-state index contributed by atoms with van der Waals surface area (Å²) in [5.74, 6) is -0.833. The Morgan fingerprint density at radius 3 is 2.86 bits per heavy atom. The van der Waals surface area contributed by atoms with Gasteiger partial charge in [0.1, 0.15) is 5.01 Å². The largest absolute Gasteiger partial charge is 0.481 e. The highest BCUT2D eigenvalue weighted by molar-refractivity contribution is 7.15. The van der Waals surface area contributed by atoms with Crippen LogP contribution in [-0.2, 0) is 17.8 Å². The molecule has 110 valence electrons. The monoisotopic (exact) mass is 303 g/mol. The van der Waals surface area contributed by atoms with Crippen LogP contribution in [0.3, 0.4) is 0 Å². The second kappa shape index (κ2) is 6.32. The molecular formula is C15H17N3O2S. The number of carbonyl (C=O) groups is 1. The summed E-state index contributed by atoms with van der Waals surface area (Å²) < 4.78 is 0. The van der Waals surface area contributed by atoms with Gasteiger partial charge >= 0.3 is 5.97 Å². The molecule has 1 N–H and O–H groups in total. The van der Waals surface area contributed by atoms with Gasteiger partial charge in [-0.2, -0.15) is 0 Å². The molecule has 0 amide bonds. The first-order valence-corrected chi connectivity index (χ1v) is 7.87. The molecule has 0 unspecified atom stereocenters. The van der Waals surface area contributed by atoms with Crippen LogP contribution in [-0.4, -0.2) is 39.0 Å². The van der Waals surface area contributed by atoms with Gasteiger partial charge in [0.2, 0.25) is 0 Å². The van der Waals surface area contributed by atoms with Crippen molar-refractivity contribution >= 4 is 17.3 Å². The molecule has 1 aliphatic rings. The van der Waals surface area contributed by atoms with Crippen molar-refractivity contribution in [3.63, 3.8) is 0 Å². The summed E-state index contributed by atoms with van der Waals surface area (Å²) in [6, 6.07) is 3.82. The van der Waals surface area contributed by atoms with Gasteiger partial charge in [-0.1, -0.05) is 0 Å². The van der Waals surface area contributed by atoms with E-state index in [-0.39, 0.29) is 6.42 Å². The molecule has 21 heavy (non-hydrogen) atoms. The number of carboxylic acids is 1. The van der Waals surface area contributed by atoms with Gasteiger partial charge in [0.15, 0.2) is 0 Å². The van der Waals surface area contributed by atoms with Crippen LogP contribution in [0.2, 0.25) is 0 Å². The van der Waals surface area contributed by atoms with E-state index in [1.54, 1.807) is 23.7 Å². The Labute approximate surface area is 127 Å². The number of hydrogen-bond donors (Lipinski definition) is 1. The Kier molecular flexibility index (Phi) is 4.26. The number of thiazole rings is 1. The van der Waals surface area contributed by atoms with E-state index >= 15 is 0 Å². The molecule has 2 aromatic rings. The summed E-state index contributed by atoms with van der Waals surface area (Å²) in [4.78, 5) is 23.1. The van der Waals surface area contributed by atoms with E-state index in [4.69, 9.17) is 5.11 Å². The van der Waals surface area contributed by atoms with E-state index in [0.717, 1.165) is 35.1 Å². The van der Waals surface area contributed by atoms with Crippen LogP contribution in [0.1, 0.15) is 23.4 Å². The molecular weight excluding hydrogens is 286 g/mol. The van der Waals surface area contributed by atoms with Crippen molar-refractivity contribution in [2.45, 2.75) is 25.8 Å². The number of likely N-dealkylation sites (tertiary alicyclic amines) is 1. The van der Waals surface area contributed by atoms with Gasteiger partial charge in [0.05, 0.1) is 12.1 Å². The van der Waals surface area contributed by atoms with Crippen molar-refractivity contribution in [1.82, 2.24) is 14.9 Å². The summed E-state index contributed by atoms with van der Waals surface area (Å²) in [6.45, 7) is 2.99. The minimum atomic E-state index is -0.833. The highest BCUT2D eigenvalue weighted by Gasteiger charge is 2.19. The van der Waals surface area contributed by atoms with E-state index in [0.29, 0.717) is 5.69 Å². The highest BCUT2D eigenvalue weighted by Crippen LogP contribution is 2.29. The number of aromatic nitrogens is 2. The third-order valence-corrected chi connectivity index (χ3v) is 4.70. The van der Waals surface area contributed by atoms with Crippen LogP contribution >= 0.6 is 11.3 Å². The zero-order valence-electron chi connectivity index (χ0n) is 11.7. The Hall–Kier alpha value is -1.79. The minimum absolute atomic E-state index is 0.0140. The van der Waals surface area contributed by atoms with Crippen molar-refractivity contribution in [2.75, 3.05) is 13.1 Å². The van der Waals surface area contributed by atoms with Gasteiger partial charge in [0.25, 0.3) is 0 Å². The van der Waals surface area contributed by atoms with E-state index in [2.05, 4.69) is 14.9 Å². The molecule has 0 atom stereocenters. The quantitative estimate of drug-likeness (QED) is 0.919. The van der Waals surface area contributed by atoms with Gasteiger partial charge in [-0.25, -0.2) is 4.98 Å². The first kappa shape index (κ1) is 14.2. The molecule has 1 aliphatic heterocycles. The standard InChI is InChI=1S/C15H17N3O2S/c19-14(20)8-12-13(10-18-6-1-2-7-18)21-15(17-12)11-4-3-5-16-9-11/h3-5,9H,1-2,6-8,10H2,(H,19,20). The summed E-state index contributed by atoms with van der Waals surface area (Å²) in [5, 5.41) is 9.93. The first-order valence-electron chi connectivity index (χ1n) is 7.05. The van der Waals surface area contributed by atoms with Gasteiger partial charge in [-0.3, -0.25) is 14.7 Å². The van der Waals surface area contributed by atoms with E-state index < -0.39 is 5.97 Å². The topological polar surface area (TPSA) is 66.3 Å². The fourth-order valence-electron chi connectivity index (χ4n) is 2.54. The molecule has 0 saturated carbocycles. The molecule has 2 aromatic heterocycles. The van der Waals surface area contributed by atoms with Crippen LogP contribution in [0, 0.1) is 0 Å². The van der Waals surface area contributed by atoms with E-state index in [1.165, 1.54) is 12.8 Å². The molecule has 0 bridgehead atoms. The molecule has 3 rings (SSSR count). The summed E-state index contributed by atoms with van der Waals surface area (Å²) in [6.07, 6.45) is 5.93. The Morgan fingerprint density at radius 1 is 1.38 bits per heavy atom. The lowest BCUT2D eigenvalue weighted by molar-refractivity contribution is -0.136. The second-order valence-corrected chi connectivity index (χ2v) is 6.27. The number of pyridine rings is 1. The predicted molar refractivity (Wildman–Crippen MR) is 81.2 cm³/mol. The maximum Gasteiger partial charge on any atom is 0.309 e. The molecule has 0 spiro atoms. The van der Waals surface area contributed by atoms with Crippen molar-refractivity contribution in [3.05, 3.63) is 35.1 Å². The minimum Gasteiger partial charge on any atom is -0.481 e. The first-order chi connectivity index (χ1) is 10.2. The summed E-state index contributed by atoms with van der Waals surface area (Å²) in [5.41, 5.74) is 1.64. The van der Waals surface area contributed by atoms with Gasteiger partial charge in [-0.05, 0) is 38.1 Å². The normalized spacial score (nSPS) is 15.4. The zero-order valence-corrected chi connectivity index (χ0v) is 12.5. The van der Waals surface area contributed by atoms with Crippen LogP contribution in [0.4, 0.5) is 0 Å². The van der Waals surface area contributed by atoms with Crippen molar-refractivity contribution < 1.29 is 9.90 Å². The molecule has 0 aliphatic carbocycles. The fourth-order valence-corrected chi connectivity index (χ4v) is 3.66. The smallest absolute Gasteiger partial charge is 0.309 e. The lowest BCUT2D eigenvalue weighted by Gasteiger charge is -2.13. The van der Waals surface area contributed by atoms with Crippen LogP contribution in [0.15, 0.2) is 24.5 Å². The molecule has 1 fully saturated rings. The Morgan fingerprint density at radius 2 is 2.19 bits per heavy atom. The SMILES string of the molecule is O=C(O)Cc1nc(-c2cccnc2)sc1CN1CCCC1. The van der Waals surface area contributed by atoms with Crippen LogP contribution in [0.5, 0.6) is 0 Å². The van der Waals surface area contributed by atoms with Gasteiger partial charge in [-0.15, -0.1) is 11.3 Å². The van der Waals surface area contributed by atoms with Crippen molar-refractivity contribution in [1.29, 1.82) is 0 Å². The molecule has 5 nitrogen and oxygen atoms in total. The zero-order chi connectivity index (χ0) is 14.7. The lowest BCUT2D eigenvalue weighted by atomic mass is 10.2. The number of aliphatic carboxylic acids is 1. The lowest BCUT2D eigenvalue weighted by Crippen LogP contribution is -2.19. The van der Waals surface area contributed by atoms with Crippen LogP contribution in [0.25, 0.3) is 10.6 Å². The van der Waals surface area contributed by atoms with Gasteiger partial charge in [0, 0.05) is 29.4 Å². The number of nitrogens with zero attached hydrogens (tertiary/aromatic N) is 3. The van der Waals surface area contributed by atoms with Crippen LogP contribution < -0.4 is 0 Å². The predicted octanol–water partition coefficient (Wildman–Crippen LogP) is 2.43. The third-order valence-electron chi connectivity index (χ3n) is 3.57. The Balaban J connectivity index is 1.88. The summed E-state index contributed by atoms with van der Waals surface area (Å²) in [7, 11) is 0. The number of hydrogen-bond acceptors (Lipinski definition) is 5. The second-order valence-electron chi connectivity index (χ2n) is 5.18. The Bertz CT molecular complexity index is 621. The highest BCUT2D eigenvalue weighted by atomic mass is 32.1. The molecule has 0 radical (unpaired) electrons. The van der Waals surface area contributed by atoms with Gasteiger partial charge < -0.3 is 5.11 Å². The maximum atomic E-state index is 11.0. The summed E-state index contributed by atoms with van der Waals surface area (Å²) >= 11 is 1.59. The molecule has 6 heteroatoms. The average Bonchev–Trinajstić information content (AvgIpc) is 3.11. The molecule has 1 saturated heterocycles. The average molecular weight is 303 g/mol. The van der Waals surface area contributed by atoms with E-state index in [1.807, 2.05) is 12.1 Å². The molecule has 3 heterocycles. The fraction of sp³-hybridized carbons (Fsp3) is 0.400. The third kappa shape index (κ3) is 3.46.